The Bertz CT molecular complexity index is 886. The zero-order chi connectivity index (χ0) is 17.4. The average Bonchev–Trinajstić information content (AvgIpc) is 3.07. The summed E-state index contributed by atoms with van der Waals surface area (Å²) in [4.78, 5) is 11.4. The van der Waals surface area contributed by atoms with Crippen molar-refractivity contribution in [3.8, 4) is 0 Å². The molecule has 1 atom stereocenters. The van der Waals surface area contributed by atoms with Gasteiger partial charge in [0.15, 0.2) is 0 Å². The normalized spacial score (nSPS) is 17.2. The fourth-order valence-corrected chi connectivity index (χ4v) is 4.06. The van der Waals surface area contributed by atoms with E-state index in [4.69, 9.17) is 4.98 Å². The topological polar surface area (TPSA) is 54.2 Å². The first-order chi connectivity index (χ1) is 12.1. The number of hydrogen-bond donors (Lipinski definition) is 1. The van der Waals surface area contributed by atoms with Crippen LogP contribution in [-0.4, -0.2) is 32.7 Å². The summed E-state index contributed by atoms with van der Waals surface area (Å²) in [5.74, 6) is 2.00. The Morgan fingerprint density at radius 1 is 1.20 bits per heavy atom. The minimum Gasteiger partial charge on any atom is -0.385 e. The maximum Gasteiger partial charge on any atom is 0.137 e. The van der Waals surface area contributed by atoms with Crippen LogP contribution in [-0.2, 0) is 7.05 Å². The van der Waals surface area contributed by atoms with Gasteiger partial charge in [-0.3, -0.25) is 0 Å². The van der Waals surface area contributed by atoms with Gasteiger partial charge in [0.2, 0.25) is 0 Å². The molecule has 0 amide bonds. The molecule has 1 saturated heterocycles. The predicted octanol–water partition coefficient (Wildman–Crippen LogP) is 3.68. The third-order valence-electron chi connectivity index (χ3n) is 5.09. The van der Waals surface area contributed by atoms with E-state index in [0.717, 1.165) is 52.9 Å². The number of aryl methyl sites for hydroxylation is 1. The van der Waals surface area contributed by atoms with Crippen molar-refractivity contribution in [3.05, 3.63) is 53.0 Å². The quantitative estimate of drug-likeness (QED) is 0.728. The first-order valence-corrected chi connectivity index (χ1v) is 9.38. The zero-order valence-corrected chi connectivity index (χ0v) is 15.7. The van der Waals surface area contributed by atoms with Crippen molar-refractivity contribution in [1.82, 2.24) is 14.5 Å². The Morgan fingerprint density at radius 3 is 2.72 bits per heavy atom. The van der Waals surface area contributed by atoms with Crippen LogP contribution in [0.3, 0.4) is 0 Å². The largest absolute Gasteiger partial charge is 0.385 e. The molecule has 1 aromatic carbocycles. The maximum absolute atomic E-state index is 10.6. The fourth-order valence-electron chi connectivity index (χ4n) is 3.59. The summed E-state index contributed by atoms with van der Waals surface area (Å²) in [6.07, 6.45) is 4.99. The molecule has 1 aliphatic rings. The van der Waals surface area contributed by atoms with Crippen LogP contribution in [0.5, 0.6) is 0 Å². The van der Waals surface area contributed by atoms with Crippen molar-refractivity contribution in [2.45, 2.75) is 18.9 Å². The third kappa shape index (κ3) is 3.16. The van der Waals surface area contributed by atoms with Gasteiger partial charge < -0.3 is 14.6 Å². The molecular formula is C19H21BrN4O. The van der Waals surface area contributed by atoms with Crippen molar-refractivity contribution in [3.63, 3.8) is 0 Å². The van der Waals surface area contributed by atoms with Crippen LogP contribution in [0.2, 0.25) is 0 Å². The van der Waals surface area contributed by atoms with Crippen molar-refractivity contribution in [1.29, 1.82) is 0 Å². The number of nitrogens with zero attached hydrogens (tertiary/aromatic N) is 4. The number of benzene rings is 1. The van der Waals surface area contributed by atoms with Gasteiger partial charge in [0, 0.05) is 42.4 Å². The lowest BCUT2D eigenvalue weighted by Gasteiger charge is -2.34. The summed E-state index contributed by atoms with van der Waals surface area (Å²) in [5, 5.41) is 11.8. The number of hydrogen-bond acceptors (Lipinski definition) is 4. The average molecular weight is 401 g/mol. The summed E-state index contributed by atoms with van der Waals surface area (Å²) in [5.41, 5.74) is 0.996. The van der Waals surface area contributed by atoms with E-state index in [1.165, 1.54) is 0 Å². The summed E-state index contributed by atoms with van der Waals surface area (Å²) in [6.45, 7) is 1.80. The van der Waals surface area contributed by atoms with Crippen LogP contribution in [0.1, 0.15) is 24.8 Å². The summed E-state index contributed by atoms with van der Waals surface area (Å²) >= 11 is 3.59. The Morgan fingerprint density at radius 2 is 2.00 bits per heavy atom. The lowest BCUT2D eigenvalue weighted by Crippen LogP contribution is -2.36. The van der Waals surface area contributed by atoms with Crippen molar-refractivity contribution < 1.29 is 5.11 Å². The second-order valence-electron chi connectivity index (χ2n) is 6.65. The molecule has 0 saturated carbocycles. The van der Waals surface area contributed by atoms with Crippen molar-refractivity contribution in [2.75, 3.05) is 18.0 Å². The number of imidazole rings is 1. The minimum atomic E-state index is -0.499. The van der Waals surface area contributed by atoms with E-state index in [-0.39, 0.29) is 5.92 Å². The van der Waals surface area contributed by atoms with Gasteiger partial charge in [0.1, 0.15) is 17.7 Å². The van der Waals surface area contributed by atoms with Gasteiger partial charge in [-0.1, -0.05) is 12.1 Å². The van der Waals surface area contributed by atoms with E-state index in [1.807, 2.05) is 29.9 Å². The van der Waals surface area contributed by atoms with Gasteiger partial charge >= 0.3 is 0 Å². The molecule has 1 unspecified atom stereocenters. The number of fused-ring (bicyclic) bond motifs is 1. The van der Waals surface area contributed by atoms with Gasteiger partial charge in [-0.05, 0) is 52.9 Å². The monoisotopic (exact) mass is 400 g/mol. The van der Waals surface area contributed by atoms with Gasteiger partial charge in [0.05, 0.1) is 5.52 Å². The van der Waals surface area contributed by atoms with E-state index < -0.39 is 6.10 Å². The molecule has 4 rings (SSSR count). The van der Waals surface area contributed by atoms with Crippen LogP contribution in [0.25, 0.3) is 10.9 Å². The van der Waals surface area contributed by atoms with Crippen LogP contribution in [0, 0.1) is 5.92 Å². The highest BCUT2D eigenvalue weighted by molar-refractivity contribution is 9.10. The first kappa shape index (κ1) is 16.5. The second kappa shape index (κ2) is 6.77. The van der Waals surface area contributed by atoms with E-state index in [9.17, 15) is 5.11 Å². The Labute approximate surface area is 155 Å². The minimum absolute atomic E-state index is 0.240. The molecule has 0 radical (unpaired) electrons. The molecule has 1 fully saturated rings. The van der Waals surface area contributed by atoms with Crippen LogP contribution in [0.4, 0.5) is 5.82 Å². The second-order valence-corrected chi connectivity index (χ2v) is 7.50. The van der Waals surface area contributed by atoms with E-state index in [2.05, 4.69) is 44.0 Å². The van der Waals surface area contributed by atoms with Gasteiger partial charge in [-0.25, -0.2) is 9.97 Å². The number of rotatable bonds is 3. The number of aromatic nitrogens is 3. The van der Waals surface area contributed by atoms with Crippen molar-refractivity contribution in [2.24, 2.45) is 13.0 Å². The SMILES string of the molecule is Cn1ccnc1C(O)C1CCN(c2ccc3cccc(Br)c3n2)CC1. The number of halogens is 1. The third-order valence-corrected chi connectivity index (χ3v) is 5.73. The Hall–Kier alpha value is -1.92. The first-order valence-electron chi connectivity index (χ1n) is 8.59. The molecular weight excluding hydrogens is 380 g/mol. The van der Waals surface area contributed by atoms with Gasteiger partial charge in [-0.15, -0.1) is 0 Å². The predicted molar refractivity (Wildman–Crippen MR) is 103 cm³/mol. The van der Waals surface area contributed by atoms with Crippen molar-refractivity contribution >= 4 is 32.7 Å². The molecule has 3 heterocycles. The lowest BCUT2D eigenvalue weighted by atomic mass is 9.90. The number of para-hydroxylation sites is 1. The molecule has 5 nitrogen and oxygen atoms in total. The lowest BCUT2D eigenvalue weighted by molar-refractivity contribution is 0.0824. The Kier molecular flexibility index (Phi) is 4.48. The Balaban J connectivity index is 1.48. The summed E-state index contributed by atoms with van der Waals surface area (Å²) < 4.78 is 2.92. The standard InChI is InChI=1S/C19H21BrN4O/c1-23-12-9-21-19(23)18(25)14-7-10-24(11-8-14)16-6-5-13-3-2-4-15(20)17(13)22-16/h2-6,9,12,14,18,25H,7-8,10-11H2,1H3. The van der Waals surface area contributed by atoms with Crippen LogP contribution in [0.15, 0.2) is 47.2 Å². The highest BCUT2D eigenvalue weighted by atomic mass is 79.9. The van der Waals surface area contributed by atoms with E-state index in [0.29, 0.717) is 0 Å². The molecule has 6 heteroatoms. The number of pyridine rings is 1. The summed E-state index contributed by atoms with van der Waals surface area (Å²) in [7, 11) is 1.93. The molecule has 2 aromatic heterocycles. The zero-order valence-electron chi connectivity index (χ0n) is 14.1. The number of aliphatic hydroxyl groups excluding tert-OH is 1. The molecule has 1 N–H and O–H groups in total. The fraction of sp³-hybridized carbons (Fsp3) is 0.368. The van der Waals surface area contributed by atoms with E-state index in [1.54, 1.807) is 6.20 Å². The summed E-state index contributed by atoms with van der Waals surface area (Å²) in [6, 6.07) is 10.3. The van der Waals surface area contributed by atoms with Crippen LogP contribution >= 0.6 is 15.9 Å². The van der Waals surface area contributed by atoms with Gasteiger partial charge in [0.25, 0.3) is 0 Å². The van der Waals surface area contributed by atoms with Crippen LogP contribution < -0.4 is 4.90 Å². The van der Waals surface area contributed by atoms with E-state index >= 15 is 0 Å². The highest BCUT2D eigenvalue weighted by Crippen LogP contribution is 2.32. The number of anilines is 1. The molecule has 25 heavy (non-hydrogen) atoms. The molecule has 0 spiro atoms. The highest BCUT2D eigenvalue weighted by Gasteiger charge is 2.28. The number of aliphatic hydroxyl groups is 1. The smallest absolute Gasteiger partial charge is 0.137 e. The molecule has 0 bridgehead atoms. The maximum atomic E-state index is 10.6. The number of piperidine rings is 1. The molecule has 0 aliphatic carbocycles. The molecule has 3 aromatic rings. The molecule has 130 valence electrons. The van der Waals surface area contributed by atoms with Gasteiger partial charge in [-0.2, -0.15) is 0 Å². The molecule has 1 aliphatic heterocycles.